The van der Waals surface area contributed by atoms with Crippen LogP contribution in [0.5, 0.6) is 5.75 Å². The van der Waals surface area contributed by atoms with Gasteiger partial charge in [-0.2, -0.15) is 0 Å². The largest absolute Gasteiger partial charge is 0.486 e. The van der Waals surface area contributed by atoms with Gasteiger partial charge >= 0.3 is 0 Å². The number of carbonyl (C=O) groups excluding carboxylic acids is 1. The van der Waals surface area contributed by atoms with E-state index < -0.39 is 0 Å². The van der Waals surface area contributed by atoms with Crippen molar-refractivity contribution in [1.29, 1.82) is 0 Å². The van der Waals surface area contributed by atoms with Crippen molar-refractivity contribution >= 4 is 17.3 Å². The smallest absolute Gasteiger partial charge is 0.242 e. The average molecular weight is 291 g/mol. The third-order valence-electron chi connectivity index (χ3n) is 3.94. The van der Waals surface area contributed by atoms with Crippen LogP contribution in [-0.2, 0) is 4.79 Å². The second-order valence-electron chi connectivity index (χ2n) is 5.32. The molecule has 0 saturated heterocycles. The van der Waals surface area contributed by atoms with Gasteiger partial charge in [-0.05, 0) is 32.4 Å². The topological polar surface area (TPSA) is 58.8 Å². The molecule has 5 heteroatoms. The number of rotatable bonds is 5. The van der Waals surface area contributed by atoms with Gasteiger partial charge in [0, 0.05) is 24.8 Å². The number of hydrogen-bond acceptors (Lipinski definition) is 4. The molecule has 1 aliphatic heterocycles. The van der Waals surface area contributed by atoms with Crippen molar-refractivity contribution in [2.45, 2.75) is 33.3 Å². The van der Waals surface area contributed by atoms with Crippen LogP contribution in [0, 0.1) is 0 Å². The average Bonchev–Trinajstić information content (AvgIpc) is 2.47. The zero-order valence-corrected chi connectivity index (χ0v) is 13.1. The van der Waals surface area contributed by atoms with Crippen molar-refractivity contribution in [3.05, 3.63) is 18.2 Å². The number of nitrogens with two attached hydrogens (primary N) is 1. The van der Waals surface area contributed by atoms with Gasteiger partial charge in [-0.15, -0.1) is 0 Å². The van der Waals surface area contributed by atoms with Crippen LogP contribution < -0.4 is 15.4 Å². The van der Waals surface area contributed by atoms with Crippen LogP contribution in [0.25, 0.3) is 0 Å². The summed E-state index contributed by atoms with van der Waals surface area (Å²) >= 11 is 0. The van der Waals surface area contributed by atoms with Crippen LogP contribution >= 0.6 is 0 Å². The highest BCUT2D eigenvalue weighted by Gasteiger charge is 2.27. The number of anilines is 2. The Morgan fingerprint density at radius 2 is 2.10 bits per heavy atom. The first-order valence-corrected chi connectivity index (χ1v) is 7.67. The minimum absolute atomic E-state index is 0.101. The molecule has 21 heavy (non-hydrogen) atoms. The highest BCUT2D eigenvalue weighted by Crippen LogP contribution is 2.35. The van der Waals surface area contributed by atoms with Crippen LogP contribution in [0.4, 0.5) is 11.4 Å². The van der Waals surface area contributed by atoms with Gasteiger partial charge in [-0.25, -0.2) is 0 Å². The fraction of sp³-hybridized carbons (Fsp3) is 0.562. The maximum atomic E-state index is 12.4. The van der Waals surface area contributed by atoms with E-state index in [-0.39, 0.29) is 12.0 Å². The summed E-state index contributed by atoms with van der Waals surface area (Å²) in [7, 11) is 0. The van der Waals surface area contributed by atoms with Crippen molar-refractivity contribution in [2.75, 3.05) is 36.8 Å². The van der Waals surface area contributed by atoms with Gasteiger partial charge in [0.05, 0.1) is 18.8 Å². The van der Waals surface area contributed by atoms with Crippen LogP contribution in [-0.4, -0.2) is 43.1 Å². The molecule has 5 nitrogen and oxygen atoms in total. The van der Waals surface area contributed by atoms with E-state index in [0.29, 0.717) is 12.2 Å². The summed E-state index contributed by atoms with van der Waals surface area (Å²) < 4.78 is 5.94. The Balaban J connectivity index is 2.21. The van der Waals surface area contributed by atoms with Crippen molar-refractivity contribution in [2.24, 2.45) is 0 Å². The predicted molar refractivity (Wildman–Crippen MR) is 85.7 cm³/mol. The summed E-state index contributed by atoms with van der Waals surface area (Å²) in [6, 6.07) is 5.63. The van der Waals surface area contributed by atoms with Crippen molar-refractivity contribution in [1.82, 2.24) is 4.90 Å². The van der Waals surface area contributed by atoms with Crippen LogP contribution in [0.2, 0.25) is 0 Å². The van der Waals surface area contributed by atoms with Crippen LogP contribution in [0.1, 0.15) is 27.2 Å². The van der Waals surface area contributed by atoms with Gasteiger partial charge in [-0.1, -0.05) is 6.92 Å². The number of fused-ring (bicyclic) bond motifs is 1. The second-order valence-corrected chi connectivity index (χ2v) is 5.32. The lowest BCUT2D eigenvalue weighted by molar-refractivity contribution is -0.129. The Bertz CT molecular complexity index is 500. The first-order chi connectivity index (χ1) is 10.1. The predicted octanol–water partition coefficient (Wildman–Crippen LogP) is 2.11. The first kappa shape index (κ1) is 15.5. The summed E-state index contributed by atoms with van der Waals surface area (Å²) in [6.45, 7) is 8.70. The quantitative estimate of drug-likeness (QED) is 0.844. The Kier molecular flexibility index (Phi) is 4.94. The SMILES string of the molecule is CCC1CN(CC(=O)N(CC)CC)c2ccc(N)cc2O1. The summed E-state index contributed by atoms with van der Waals surface area (Å²) in [5.41, 5.74) is 7.47. The van der Waals surface area contributed by atoms with Gasteiger partial charge in [0.1, 0.15) is 11.9 Å². The number of likely N-dealkylation sites (N-methyl/N-ethyl adjacent to an activating group) is 1. The molecule has 1 amide bonds. The lowest BCUT2D eigenvalue weighted by atomic mass is 10.1. The number of benzene rings is 1. The second kappa shape index (κ2) is 6.70. The third-order valence-corrected chi connectivity index (χ3v) is 3.94. The fourth-order valence-corrected chi connectivity index (χ4v) is 2.65. The first-order valence-electron chi connectivity index (χ1n) is 7.67. The third kappa shape index (κ3) is 3.40. The molecule has 0 saturated carbocycles. The molecule has 0 radical (unpaired) electrons. The van der Waals surface area contributed by atoms with Gasteiger partial charge < -0.3 is 20.3 Å². The molecule has 1 atom stereocenters. The monoisotopic (exact) mass is 291 g/mol. The van der Waals surface area contributed by atoms with Crippen LogP contribution in [0.15, 0.2) is 18.2 Å². The molecule has 0 fully saturated rings. The highest BCUT2D eigenvalue weighted by molar-refractivity contribution is 5.82. The molecule has 2 N–H and O–H groups in total. The zero-order chi connectivity index (χ0) is 15.4. The normalized spacial score (nSPS) is 17.1. The molecule has 1 aromatic rings. The standard InChI is InChI=1S/C16H25N3O2/c1-4-13-10-19(11-16(20)18(5-2)6-3)14-8-7-12(17)9-15(14)21-13/h7-9,13H,4-6,10-11,17H2,1-3H3. The molecular weight excluding hydrogens is 266 g/mol. The molecule has 116 valence electrons. The number of carbonyl (C=O) groups is 1. The maximum Gasteiger partial charge on any atom is 0.242 e. The van der Waals surface area contributed by atoms with E-state index in [0.717, 1.165) is 37.5 Å². The molecule has 0 aromatic heterocycles. The summed E-state index contributed by atoms with van der Waals surface area (Å²) in [4.78, 5) is 16.3. The number of nitrogen functional groups attached to an aromatic ring is 1. The molecule has 2 rings (SSSR count). The van der Waals surface area contributed by atoms with Crippen molar-refractivity contribution in [3.63, 3.8) is 0 Å². The van der Waals surface area contributed by atoms with E-state index in [1.807, 2.05) is 36.9 Å². The summed E-state index contributed by atoms with van der Waals surface area (Å²) in [5, 5.41) is 0. The maximum absolute atomic E-state index is 12.4. The van der Waals surface area contributed by atoms with E-state index in [9.17, 15) is 4.79 Å². The summed E-state index contributed by atoms with van der Waals surface area (Å²) in [6.07, 6.45) is 1.01. The lowest BCUT2D eigenvalue weighted by Gasteiger charge is -2.36. The minimum atomic E-state index is 0.101. The Morgan fingerprint density at radius 1 is 1.38 bits per heavy atom. The number of ether oxygens (including phenoxy) is 1. The fourth-order valence-electron chi connectivity index (χ4n) is 2.65. The van der Waals surface area contributed by atoms with Gasteiger partial charge in [0.2, 0.25) is 5.91 Å². The van der Waals surface area contributed by atoms with E-state index in [2.05, 4.69) is 11.8 Å². The molecule has 0 spiro atoms. The Labute approximate surface area is 126 Å². The molecule has 1 aromatic carbocycles. The Morgan fingerprint density at radius 3 is 2.71 bits per heavy atom. The van der Waals surface area contributed by atoms with Crippen LogP contribution in [0.3, 0.4) is 0 Å². The van der Waals surface area contributed by atoms with Crippen molar-refractivity contribution < 1.29 is 9.53 Å². The van der Waals surface area contributed by atoms with E-state index in [1.54, 1.807) is 0 Å². The van der Waals surface area contributed by atoms with E-state index in [1.165, 1.54) is 0 Å². The molecule has 1 aliphatic rings. The molecule has 1 heterocycles. The van der Waals surface area contributed by atoms with Gasteiger partial charge in [-0.3, -0.25) is 4.79 Å². The van der Waals surface area contributed by atoms with E-state index in [4.69, 9.17) is 10.5 Å². The zero-order valence-electron chi connectivity index (χ0n) is 13.1. The number of hydrogen-bond donors (Lipinski definition) is 1. The van der Waals surface area contributed by atoms with Gasteiger partial charge in [0.25, 0.3) is 0 Å². The summed E-state index contributed by atoms with van der Waals surface area (Å²) in [5.74, 6) is 0.931. The van der Waals surface area contributed by atoms with Gasteiger partial charge in [0.15, 0.2) is 0 Å². The minimum Gasteiger partial charge on any atom is -0.486 e. The number of nitrogens with zero attached hydrogens (tertiary/aromatic N) is 2. The highest BCUT2D eigenvalue weighted by atomic mass is 16.5. The molecule has 0 aliphatic carbocycles. The number of amides is 1. The lowest BCUT2D eigenvalue weighted by Crippen LogP contribution is -2.46. The molecular formula is C16H25N3O2. The van der Waals surface area contributed by atoms with E-state index >= 15 is 0 Å². The molecule has 0 bridgehead atoms. The van der Waals surface area contributed by atoms with Crippen molar-refractivity contribution in [3.8, 4) is 5.75 Å². The Hall–Kier alpha value is -1.91. The molecule has 1 unspecified atom stereocenters.